The number of aromatic nitrogens is 6. The predicted octanol–water partition coefficient (Wildman–Crippen LogP) is 3.83. The van der Waals surface area contributed by atoms with Gasteiger partial charge in [-0.3, -0.25) is 0 Å². The standard InChI is InChI=1S/C23H26FN7/c1-14-9-19(28-30-11-15(2)26-21(14)30)17-10-18(24)22-27-20(29-31(22)12-17)16-3-5-23(6-4-16)7-8-25-13-23/h9-12,16,25H,3-8,13H2,1-2H3. The van der Waals surface area contributed by atoms with E-state index in [1.54, 1.807) is 9.03 Å². The summed E-state index contributed by atoms with van der Waals surface area (Å²) in [5, 5.41) is 12.8. The zero-order valence-electron chi connectivity index (χ0n) is 17.9. The SMILES string of the molecule is Cc1cn2nc(-c3cc(F)c4nc(C5CCC6(CCNC6)CC5)nn4c3)cc(C)c2n1. The summed E-state index contributed by atoms with van der Waals surface area (Å²) in [4.78, 5) is 9.07. The van der Waals surface area contributed by atoms with Crippen molar-refractivity contribution in [3.8, 4) is 11.3 Å². The number of nitrogens with one attached hydrogen (secondary N) is 1. The van der Waals surface area contributed by atoms with E-state index < -0.39 is 0 Å². The van der Waals surface area contributed by atoms with Crippen LogP contribution in [-0.2, 0) is 0 Å². The normalized spacial score (nSPS) is 24.0. The second kappa shape index (κ2) is 6.82. The minimum Gasteiger partial charge on any atom is -0.316 e. The fourth-order valence-corrected chi connectivity index (χ4v) is 5.37. The van der Waals surface area contributed by atoms with E-state index >= 15 is 0 Å². The number of fused-ring (bicyclic) bond motifs is 2. The first kappa shape index (κ1) is 18.9. The summed E-state index contributed by atoms with van der Waals surface area (Å²) < 4.78 is 18.3. The second-order valence-electron chi connectivity index (χ2n) is 9.38. The van der Waals surface area contributed by atoms with Crippen LogP contribution in [0.3, 0.4) is 0 Å². The molecule has 6 rings (SSSR count). The van der Waals surface area contributed by atoms with E-state index in [2.05, 4.69) is 20.4 Å². The van der Waals surface area contributed by atoms with E-state index in [0.717, 1.165) is 48.7 Å². The number of halogens is 1. The van der Waals surface area contributed by atoms with Gasteiger partial charge < -0.3 is 5.32 Å². The largest absolute Gasteiger partial charge is 0.316 e. The Balaban J connectivity index is 1.34. The van der Waals surface area contributed by atoms with Crippen molar-refractivity contribution in [2.75, 3.05) is 13.1 Å². The van der Waals surface area contributed by atoms with Crippen LogP contribution in [0.1, 0.15) is 55.1 Å². The van der Waals surface area contributed by atoms with Crippen molar-refractivity contribution in [3.63, 3.8) is 0 Å². The molecule has 31 heavy (non-hydrogen) atoms. The summed E-state index contributed by atoms with van der Waals surface area (Å²) in [5.74, 6) is 0.700. The average Bonchev–Trinajstić information content (AvgIpc) is 3.47. The van der Waals surface area contributed by atoms with Crippen LogP contribution in [0, 0.1) is 25.1 Å². The molecule has 160 valence electrons. The summed E-state index contributed by atoms with van der Waals surface area (Å²) in [5.41, 5.74) is 4.83. The number of rotatable bonds is 2. The van der Waals surface area contributed by atoms with E-state index in [9.17, 15) is 4.39 Å². The first-order chi connectivity index (χ1) is 15.0. The Hall–Kier alpha value is -2.87. The molecule has 2 fully saturated rings. The number of nitrogens with zero attached hydrogens (tertiary/aromatic N) is 6. The van der Waals surface area contributed by atoms with Gasteiger partial charge in [0.15, 0.2) is 22.9 Å². The van der Waals surface area contributed by atoms with Crippen LogP contribution in [0.5, 0.6) is 0 Å². The highest BCUT2D eigenvalue weighted by atomic mass is 19.1. The van der Waals surface area contributed by atoms with Crippen molar-refractivity contribution >= 4 is 11.3 Å². The summed E-state index contributed by atoms with van der Waals surface area (Å²) in [6.45, 7) is 6.19. The van der Waals surface area contributed by atoms with E-state index in [-0.39, 0.29) is 11.5 Å². The fraction of sp³-hybridized carbons (Fsp3) is 0.478. The number of imidazole rings is 1. The number of hydrogen-bond donors (Lipinski definition) is 1. The molecule has 1 saturated carbocycles. The lowest BCUT2D eigenvalue weighted by atomic mass is 9.70. The lowest BCUT2D eigenvalue weighted by Gasteiger charge is -2.35. The van der Waals surface area contributed by atoms with Gasteiger partial charge in [-0.15, -0.1) is 0 Å². The van der Waals surface area contributed by atoms with Crippen molar-refractivity contribution in [3.05, 3.63) is 47.4 Å². The highest BCUT2D eigenvalue weighted by molar-refractivity contribution is 5.64. The highest BCUT2D eigenvalue weighted by Gasteiger charge is 2.38. The lowest BCUT2D eigenvalue weighted by Crippen LogP contribution is -2.29. The maximum atomic E-state index is 15.0. The molecule has 1 spiro atoms. The fourth-order valence-electron chi connectivity index (χ4n) is 5.37. The minimum atomic E-state index is -0.370. The Kier molecular flexibility index (Phi) is 4.15. The first-order valence-corrected chi connectivity index (χ1v) is 11.1. The molecule has 0 amide bonds. The molecule has 1 saturated heterocycles. The van der Waals surface area contributed by atoms with Gasteiger partial charge in [0, 0.05) is 24.2 Å². The number of hydrogen-bond acceptors (Lipinski definition) is 5. The van der Waals surface area contributed by atoms with E-state index in [0.29, 0.717) is 22.6 Å². The van der Waals surface area contributed by atoms with E-state index in [4.69, 9.17) is 5.10 Å². The maximum absolute atomic E-state index is 15.0. The third-order valence-electron chi connectivity index (χ3n) is 7.17. The van der Waals surface area contributed by atoms with Crippen molar-refractivity contribution in [1.29, 1.82) is 0 Å². The molecule has 2 aliphatic rings. The number of aryl methyl sites for hydroxylation is 2. The van der Waals surface area contributed by atoms with Crippen LogP contribution < -0.4 is 5.32 Å². The van der Waals surface area contributed by atoms with Crippen LogP contribution in [0.25, 0.3) is 22.6 Å². The topological polar surface area (TPSA) is 72.4 Å². The Morgan fingerprint density at radius 2 is 1.81 bits per heavy atom. The molecule has 5 heterocycles. The molecule has 0 unspecified atom stereocenters. The van der Waals surface area contributed by atoms with Crippen molar-refractivity contribution in [2.45, 2.75) is 51.9 Å². The third kappa shape index (κ3) is 3.12. The van der Waals surface area contributed by atoms with Gasteiger partial charge in [0.25, 0.3) is 0 Å². The summed E-state index contributed by atoms with van der Waals surface area (Å²) >= 11 is 0. The third-order valence-corrected chi connectivity index (χ3v) is 7.17. The molecular formula is C23H26FN7. The molecule has 0 aromatic carbocycles. The quantitative estimate of drug-likeness (QED) is 0.535. The molecule has 1 aliphatic heterocycles. The monoisotopic (exact) mass is 419 g/mol. The molecule has 8 heteroatoms. The predicted molar refractivity (Wildman–Crippen MR) is 116 cm³/mol. The smallest absolute Gasteiger partial charge is 0.191 e. The summed E-state index contributed by atoms with van der Waals surface area (Å²) in [6, 6.07) is 3.45. The Morgan fingerprint density at radius 3 is 2.58 bits per heavy atom. The zero-order chi connectivity index (χ0) is 21.2. The molecular weight excluding hydrogens is 393 g/mol. The van der Waals surface area contributed by atoms with Crippen LogP contribution in [-0.4, -0.2) is 42.3 Å². The first-order valence-electron chi connectivity index (χ1n) is 11.1. The second-order valence-corrected chi connectivity index (χ2v) is 9.38. The Bertz CT molecular complexity index is 1290. The molecule has 4 aromatic heterocycles. The van der Waals surface area contributed by atoms with Gasteiger partial charge in [-0.1, -0.05) is 0 Å². The van der Waals surface area contributed by atoms with Gasteiger partial charge in [0.05, 0.1) is 17.6 Å². The van der Waals surface area contributed by atoms with E-state index in [1.807, 2.05) is 32.3 Å². The zero-order valence-corrected chi connectivity index (χ0v) is 17.9. The summed E-state index contributed by atoms with van der Waals surface area (Å²) in [7, 11) is 0. The van der Waals surface area contributed by atoms with Crippen LogP contribution in [0.15, 0.2) is 24.5 Å². The van der Waals surface area contributed by atoms with Gasteiger partial charge in [0.1, 0.15) is 0 Å². The van der Waals surface area contributed by atoms with Crippen LogP contribution in [0.2, 0.25) is 0 Å². The van der Waals surface area contributed by atoms with Gasteiger partial charge >= 0.3 is 0 Å². The molecule has 1 N–H and O–H groups in total. The maximum Gasteiger partial charge on any atom is 0.191 e. The van der Waals surface area contributed by atoms with Crippen molar-refractivity contribution in [1.82, 2.24) is 34.5 Å². The lowest BCUT2D eigenvalue weighted by molar-refractivity contribution is 0.196. The molecule has 7 nitrogen and oxygen atoms in total. The molecule has 1 aliphatic carbocycles. The highest BCUT2D eigenvalue weighted by Crippen LogP contribution is 2.45. The minimum absolute atomic E-state index is 0.290. The van der Waals surface area contributed by atoms with Gasteiger partial charge in [-0.25, -0.2) is 23.4 Å². The summed E-state index contributed by atoms with van der Waals surface area (Å²) in [6.07, 6.45) is 9.52. The van der Waals surface area contributed by atoms with E-state index in [1.165, 1.54) is 25.3 Å². The van der Waals surface area contributed by atoms with Crippen LogP contribution in [0.4, 0.5) is 4.39 Å². The molecule has 4 aromatic rings. The van der Waals surface area contributed by atoms with Crippen LogP contribution >= 0.6 is 0 Å². The van der Waals surface area contributed by atoms with Gasteiger partial charge in [0.2, 0.25) is 0 Å². The van der Waals surface area contributed by atoms with Gasteiger partial charge in [-0.2, -0.15) is 10.2 Å². The average molecular weight is 420 g/mol. The molecule has 0 atom stereocenters. The Morgan fingerprint density at radius 1 is 1.00 bits per heavy atom. The number of pyridine rings is 1. The van der Waals surface area contributed by atoms with Crippen molar-refractivity contribution < 1.29 is 4.39 Å². The van der Waals surface area contributed by atoms with Gasteiger partial charge in [-0.05, 0) is 75.6 Å². The molecule has 0 radical (unpaired) electrons. The molecule has 0 bridgehead atoms. The Labute approximate surface area is 179 Å². The van der Waals surface area contributed by atoms with Crippen molar-refractivity contribution in [2.24, 2.45) is 5.41 Å².